The van der Waals surface area contributed by atoms with Gasteiger partial charge >= 0.3 is 0 Å². The van der Waals surface area contributed by atoms with Crippen LogP contribution in [-0.4, -0.2) is 47.1 Å². The molecule has 2 fully saturated rings. The molecular weight excluding hydrogens is 234 g/mol. The first-order valence-corrected chi connectivity index (χ1v) is 6.42. The Balaban J connectivity index is 2.15. The third-order valence-corrected chi connectivity index (χ3v) is 3.92. The van der Waals surface area contributed by atoms with Crippen molar-refractivity contribution in [3.8, 4) is 0 Å². The lowest BCUT2D eigenvalue weighted by Gasteiger charge is -2.45. The number of ether oxygens (including phenoxy) is 1. The lowest BCUT2D eigenvalue weighted by Crippen LogP contribution is -2.59. The average Bonchev–Trinajstić information content (AvgIpc) is 2.25. The Labute approximate surface area is 107 Å². The summed E-state index contributed by atoms with van der Waals surface area (Å²) in [5, 5.41) is 11.9. The first kappa shape index (κ1) is 13.1. The molecule has 1 aliphatic carbocycles. The number of morpholine rings is 1. The number of oxime groups is 1. The first-order valence-electron chi connectivity index (χ1n) is 6.42. The Morgan fingerprint density at radius 2 is 1.94 bits per heavy atom. The summed E-state index contributed by atoms with van der Waals surface area (Å²) in [6.07, 6.45) is 2.34. The summed E-state index contributed by atoms with van der Waals surface area (Å²) in [6, 6.07) is 0. The molecule has 1 saturated carbocycles. The van der Waals surface area contributed by atoms with Gasteiger partial charge in [-0.3, -0.25) is 4.79 Å². The predicted octanol–water partition coefficient (Wildman–Crippen LogP) is 0.539. The maximum atomic E-state index is 12.6. The minimum atomic E-state index is -0.772. The topological polar surface area (TPSA) is 88.2 Å². The number of amides is 1. The fourth-order valence-corrected chi connectivity index (χ4v) is 2.85. The summed E-state index contributed by atoms with van der Waals surface area (Å²) in [5.41, 5.74) is 4.94. The number of carbonyl (C=O) groups is 1. The van der Waals surface area contributed by atoms with Gasteiger partial charge in [0.25, 0.3) is 0 Å². The van der Waals surface area contributed by atoms with Gasteiger partial charge in [0.1, 0.15) is 5.41 Å². The van der Waals surface area contributed by atoms with E-state index >= 15 is 0 Å². The van der Waals surface area contributed by atoms with Gasteiger partial charge in [-0.25, -0.2) is 0 Å². The summed E-state index contributed by atoms with van der Waals surface area (Å²) in [6.45, 7) is 5.05. The van der Waals surface area contributed by atoms with Crippen LogP contribution in [0.1, 0.15) is 33.1 Å². The number of rotatable bonds is 2. The average molecular weight is 255 g/mol. The molecule has 1 aliphatic heterocycles. The molecule has 18 heavy (non-hydrogen) atoms. The van der Waals surface area contributed by atoms with Crippen LogP contribution in [0.4, 0.5) is 0 Å². The molecule has 6 heteroatoms. The Hall–Kier alpha value is -1.30. The van der Waals surface area contributed by atoms with Gasteiger partial charge in [0.05, 0.1) is 12.2 Å². The van der Waals surface area contributed by atoms with E-state index in [1.165, 1.54) is 0 Å². The zero-order valence-electron chi connectivity index (χ0n) is 10.9. The highest BCUT2D eigenvalue weighted by Crippen LogP contribution is 2.43. The van der Waals surface area contributed by atoms with Gasteiger partial charge < -0.3 is 20.6 Å². The fourth-order valence-electron chi connectivity index (χ4n) is 2.85. The third kappa shape index (κ3) is 2.05. The normalized spacial score (nSPS) is 31.9. The Morgan fingerprint density at radius 3 is 2.33 bits per heavy atom. The van der Waals surface area contributed by atoms with E-state index in [1.807, 2.05) is 13.8 Å². The van der Waals surface area contributed by atoms with Crippen molar-refractivity contribution in [2.45, 2.75) is 45.3 Å². The third-order valence-electron chi connectivity index (χ3n) is 3.92. The lowest BCUT2D eigenvalue weighted by molar-refractivity contribution is -0.153. The molecule has 1 saturated heterocycles. The second-order valence-corrected chi connectivity index (χ2v) is 5.39. The molecule has 0 aromatic carbocycles. The molecule has 0 unspecified atom stereocenters. The molecule has 2 atom stereocenters. The van der Waals surface area contributed by atoms with Crippen LogP contribution in [0.5, 0.6) is 0 Å². The quantitative estimate of drug-likeness (QED) is 0.326. The van der Waals surface area contributed by atoms with E-state index in [-0.39, 0.29) is 24.0 Å². The molecule has 1 heterocycles. The highest BCUT2D eigenvalue weighted by molar-refractivity contribution is 6.07. The Morgan fingerprint density at radius 1 is 1.39 bits per heavy atom. The maximum absolute atomic E-state index is 12.6. The number of nitrogens with zero attached hydrogens (tertiary/aromatic N) is 2. The van der Waals surface area contributed by atoms with Gasteiger partial charge in [0.2, 0.25) is 5.91 Å². The van der Waals surface area contributed by atoms with Gasteiger partial charge in [-0.1, -0.05) is 11.6 Å². The van der Waals surface area contributed by atoms with Crippen LogP contribution in [0.2, 0.25) is 0 Å². The van der Waals surface area contributed by atoms with Crippen molar-refractivity contribution in [2.24, 2.45) is 16.3 Å². The lowest BCUT2D eigenvalue weighted by atomic mass is 9.66. The number of nitrogens with two attached hydrogens (primary N) is 1. The summed E-state index contributed by atoms with van der Waals surface area (Å²) < 4.78 is 5.61. The van der Waals surface area contributed by atoms with Crippen LogP contribution in [0.3, 0.4) is 0 Å². The zero-order chi connectivity index (χ0) is 13.3. The van der Waals surface area contributed by atoms with E-state index in [1.54, 1.807) is 4.90 Å². The highest BCUT2D eigenvalue weighted by Gasteiger charge is 2.51. The summed E-state index contributed by atoms with van der Waals surface area (Å²) >= 11 is 0. The van der Waals surface area contributed by atoms with E-state index in [9.17, 15) is 4.79 Å². The van der Waals surface area contributed by atoms with Gasteiger partial charge in [-0.05, 0) is 26.7 Å². The molecule has 6 nitrogen and oxygen atoms in total. The minimum Gasteiger partial charge on any atom is -0.409 e. The standard InChI is InChI=1S/C12H21N3O3/c1-8-6-15(7-9(2)18-8)11(16)12(4-3-5-12)10(13)14-17/h8-9,17H,3-7H2,1-2H3,(H2,13,14)/t8-,9+. The number of amidine groups is 1. The Bertz CT molecular complexity index is 356. The summed E-state index contributed by atoms with van der Waals surface area (Å²) in [7, 11) is 0. The molecular formula is C12H21N3O3. The Kier molecular flexibility index (Phi) is 3.47. The molecule has 0 aromatic rings. The van der Waals surface area contributed by atoms with Crippen molar-refractivity contribution in [1.29, 1.82) is 0 Å². The van der Waals surface area contributed by atoms with E-state index < -0.39 is 5.41 Å². The van der Waals surface area contributed by atoms with Crippen molar-refractivity contribution in [3.63, 3.8) is 0 Å². The molecule has 0 spiro atoms. The van der Waals surface area contributed by atoms with Gasteiger partial charge in [-0.2, -0.15) is 0 Å². The van der Waals surface area contributed by atoms with Crippen molar-refractivity contribution in [2.75, 3.05) is 13.1 Å². The van der Waals surface area contributed by atoms with E-state index in [0.717, 1.165) is 6.42 Å². The van der Waals surface area contributed by atoms with Gasteiger partial charge in [0, 0.05) is 13.1 Å². The largest absolute Gasteiger partial charge is 0.409 e. The molecule has 0 radical (unpaired) electrons. The smallest absolute Gasteiger partial charge is 0.236 e. The SMILES string of the molecule is C[C@@H]1CN(C(=O)C2(C(N)=NO)CCC2)C[C@H](C)O1. The van der Waals surface area contributed by atoms with E-state index in [0.29, 0.717) is 25.9 Å². The molecule has 2 rings (SSSR count). The monoisotopic (exact) mass is 255 g/mol. The van der Waals surface area contributed by atoms with Crippen molar-refractivity contribution in [3.05, 3.63) is 0 Å². The second-order valence-electron chi connectivity index (χ2n) is 5.39. The van der Waals surface area contributed by atoms with Gasteiger partial charge in [-0.15, -0.1) is 0 Å². The maximum Gasteiger partial charge on any atom is 0.236 e. The van der Waals surface area contributed by atoms with Crippen molar-refractivity contribution >= 4 is 11.7 Å². The number of hydrogen-bond donors (Lipinski definition) is 2. The molecule has 2 aliphatic rings. The highest BCUT2D eigenvalue weighted by atomic mass is 16.5. The minimum absolute atomic E-state index is 0.0222. The van der Waals surface area contributed by atoms with Crippen LogP contribution < -0.4 is 5.73 Å². The summed E-state index contributed by atoms with van der Waals surface area (Å²) in [5.74, 6) is 0.0246. The molecule has 1 amide bonds. The predicted molar refractivity (Wildman–Crippen MR) is 66.3 cm³/mol. The second kappa shape index (κ2) is 4.76. The van der Waals surface area contributed by atoms with Gasteiger partial charge in [0.15, 0.2) is 5.84 Å². The molecule has 102 valence electrons. The van der Waals surface area contributed by atoms with E-state index in [4.69, 9.17) is 15.7 Å². The first-order chi connectivity index (χ1) is 8.49. The van der Waals surface area contributed by atoms with Crippen LogP contribution >= 0.6 is 0 Å². The van der Waals surface area contributed by atoms with Crippen LogP contribution in [0, 0.1) is 5.41 Å². The number of hydrogen-bond acceptors (Lipinski definition) is 4. The van der Waals surface area contributed by atoms with Crippen LogP contribution in [0.15, 0.2) is 5.16 Å². The molecule has 0 bridgehead atoms. The van der Waals surface area contributed by atoms with Crippen molar-refractivity contribution < 1.29 is 14.7 Å². The zero-order valence-corrected chi connectivity index (χ0v) is 10.9. The number of carbonyl (C=O) groups excluding carboxylic acids is 1. The summed E-state index contributed by atoms with van der Waals surface area (Å²) in [4.78, 5) is 14.4. The fraction of sp³-hybridized carbons (Fsp3) is 0.833. The van der Waals surface area contributed by atoms with Crippen LogP contribution in [0.25, 0.3) is 0 Å². The molecule has 0 aromatic heterocycles. The van der Waals surface area contributed by atoms with E-state index in [2.05, 4.69) is 5.16 Å². The molecule has 3 N–H and O–H groups in total. The van der Waals surface area contributed by atoms with Crippen LogP contribution in [-0.2, 0) is 9.53 Å². The van der Waals surface area contributed by atoms with Crippen molar-refractivity contribution in [1.82, 2.24) is 4.90 Å².